The van der Waals surface area contributed by atoms with E-state index in [1.807, 2.05) is 0 Å². The van der Waals surface area contributed by atoms with Gasteiger partial charge in [-0.15, -0.1) is 0 Å². The molecule has 0 fully saturated rings. The monoisotopic (exact) mass is 326 g/mol. The number of rotatable bonds is 5. The molecule has 0 unspecified atom stereocenters. The number of aromatic nitrogens is 2. The van der Waals surface area contributed by atoms with Gasteiger partial charge in [0.15, 0.2) is 11.6 Å². The minimum Gasteiger partial charge on any atom is -0.301 e. The molecule has 1 aromatic heterocycles. The van der Waals surface area contributed by atoms with Crippen molar-refractivity contribution in [2.75, 3.05) is 0 Å². The molecule has 0 bridgehead atoms. The number of benzene rings is 1. The zero-order valence-corrected chi connectivity index (χ0v) is 14.1. The second-order valence-corrected chi connectivity index (χ2v) is 5.63. The molecule has 0 aliphatic carbocycles. The van der Waals surface area contributed by atoms with Crippen LogP contribution < -0.4 is 5.69 Å². The van der Waals surface area contributed by atoms with Gasteiger partial charge in [-0.05, 0) is 13.8 Å². The highest BCUT2D eigenvalue weighted by atomic mass is 19.2. The van der Waals surface area contributed by atoms with E-state index in [0.717, 1.165) is 16.7 Å². The van der Waals surface area contributed by atoms with E-state index in [1.165, 1.54) is 23.8 Å². The number of carbonyl (C=O) groups excluding carboxylic acids is 1. The van der Waals surface area contributed by atoms with Crippen molar-refractivity contribution in [1.82, 2.24) is 9.13 Å². The largest absolute Gasteiger partial charge is 0.329 e. The molecule has 0 atom stereocenters. The summed E-state index contributed by atoms with van der Waals surface area (Å²) in [5.41, 5.74) is 0.0625. The van der Waals surface area contributed by atoms with Crippen LogP contribution in [0.3, 0.4) is 0 Å². The van der Waals surface area contributed by atoms with Crippen molar-refractivity contribution in [1.29, 1.82) is 0 Å². The summed E-state index contributed by atoms with van der Waals surface area (Å²) in [6, 6.07) is 1.71. The molecule has 0 spiro atoms. The molecule has 0 saturated carbocycles. The second kappa shape index (κ2) is 8.60. The Morgan fingerprint density at radius 3 is 2.00 bits per heavy atom. The van der Waals surface area contributed by atoms with Gasteiger partial charge in [0.2, 0.25) is 0 Å². The third-order valence-electron chi connectivity index (χ3n) is 3.49. The van der Waals surface area contributed by atoms with Gasteiger partial charge in [-0.2, -0.15) is 0 Å². The number of nitrogens with zero attached hydrogens (tertiary/aromatic N) is 2. The number of carbonyl (C=O) groups is 1. The van der Waals surface area contributed by atoms with Crippen LogP contribution in [0.2, 0.25) is 0 Å². The number of aldehydes is 1. The molecule has 23 heavy (non-hydrogen) atoms. The SMILES string of the molecule is CC(C)n1c(=O)n(CC=O)c2cc(F)c(F)cc21.CCCCC. The van der Waals surface area contributed by atoms with Gasteiger partial charge in [-0.1, -0.05) is 33.1 Å². The number of imidazole rings is 1. The summed E-state index contributed by atoms with van der Waals surface area (Å²) in [6.45, 7) is 7.76. The molecule has 4 nitrogen and oxygen atoms in total. The Labute approximate surface area is 134 Å². The molecule has 128 valence electrons. The van der Waals surface area contributed by atoms with Gasteiger partial charge in [-0.25, -0.2) is 13.6 Å². The summed E-state index contributed by atoms with van der Waals surface area (Å²) >= 11 is 0. The first kappa shape index (κ1) is 19.1. The summed E-state index contributed by atoms with van der Waals surface area (Å²) < 4.78 is 28.9. The third-order valence-corrected chi connectivity index (χ3v) is 3.49. The minimum atomic E-state index is -1.04. The number of halogens is 2. The Hall–Kier alpha value is -1.98. The predicted octanol–water partition coefficient (Wildman–Crippen LogP) is 4.06. The van der Waals surface area contributed by atoms with Crippen molar-refractivity contribution in [2.24, 2.45) is 0 Å². The van der Waals surface area contributed by atoms with Gasteiger partial charge in [0, 0.05) is 18.2 Å². The first-order chi connectivity index (χ1) is 10.9. The van der Waals surface area contributed by atoms with Crippen LogP contribution in [0.4, 0.5) is 8.78 Å². The van der Waals surface area contributed by atoms with Crippen LogP contribution in [0.25, 0.3) is 11.0 Å². The van der Waals surface area contributed by atoms with Gasteiger partial charge in [-0.3, -0.25) is 9.13 Å². The first-order valence-electron chi connectivity index (χ1n) is 7.92. The van der Waals surface area contributed by atoms with E-state index < -0.39 is 17.3 Å². The van der Waals surface area contributed by atoms with Crippen LogP contribution in [-0.4, -0.2) is 15.4 Å². The lowest BCUT2D eigenvalue weighted by molar-refractivity contribution is -0.108. The molecule has 0 amide bonds. The van der Waals surface area contributed by atoms with E-state index in [4.69, 9.17) is 0 Å². The Balaban J connectivity index is 0.000000463. The van der Waals surface area contributed by atoms with Crippen LogP contribution in [-0.2, 0) is 11.3 Å². The van der Waals surface area contributed by atoms with E-state index in [-0.39, 0.29) is 23.6 Å². The summed E-state index contributed by atoms with van der Waals surface area (Å²) in [6.07, 6.45) is 4.62. The van der Waals surface area contributed by atoms with Gasteiger partial charge < -0.3 is 4.79 Å². The average Bonchev–Trinajstić information content (AvgIpc) is 2.74. The topological polar surface area (TPSA) is 44.0 Å². The van der Waals surface area contributed by atoms with E-state index in [2.05, 4.69) is 13.8 Å². The molecule has 6 heteroatoms. The first-order valence-corrected chi connectivity index (χ1v) is 7.92. The summed E-state index contributed by atoms with van der Waals surface area (Å²) in [7, 11) is 0. The molecule has 0 N–H and O–H groups in total. The van der Waals surface area contributed by atoms with Crippen LogP contribution >= 0.6 is 0 Å². The van der Waals surface area contributed by atoms with Gasteiger partial charge >= 0.3 is 5.69 Å². The van der Waals surface area contributed by atoms with Crippen molar-refractivity contribution in [2.45, 2.75) is 59.5 Å². The summed E-state index contributed by atoms with van der Waals surface area (Å²) in [5, 5.41) is 0. The fourth-order valence-electron chi connectivity index (χ4n) is 2.37. The molecule has 0 aliphatic rings. The highest BCUT2D eigenvalue weighted by Gasteiger charge is 2.17. The van der Waals surface area contributed by atoms with Crippen LogP contribution in [0.1, 0.15) is 53.0 Å². The smallest absolute Gasteiger partial charge is 0.301 e. The Bertz CT molecular complexity index is 715. The lowest BCUT2D eigenvalue weighted by Crippen LogP contribution is -2.25. The van der Waals surface area contributed by atoms with Gasteiger partial charge in [0.1, 0.15) is 6.29 Å². The van der Waals surface area contributed by atoms with E-state index >= 15 is 0 Å². The highest BCUT2D eigenvalue weighted by Crippen LogP contribution is 2.20. The maximum absolute atomic E-state index is 13.2. The van der Waals surface area contributed by atoms with Crippen molar-refractivity contribution in [3.05, 3.63) is 34.3 Å². The molecule has 0 aliphatic heterocycles. The third kappa shape index (κ3) is 4.27. The molecule has 0 radical (unpaired) electrons. The lowest BCUT2D eigenvalue weighted by atomic mass is 10.2. The minimum absolute atomic E-state index is 0.180. The van der Waals surface area contributed by atoms with E-state index in [9.17, 15) is 18.4 Å². The van der Waals surface area contributed by atoms with Crippen LogP contribution in [0.15, 0.2) is 16.9 Å². The van der Waals surface area contributed by atoms with E-state index in [1.54, 1.807) is 13.8 Å². The van der Waals surface area contributed by atoms with Crippen LogP contribution in [0, 0.1) is 11.6 Å². The summed E-state index contributed by atoms with van der Waals surface area (Å²) in [5.74, 6) is -2.05. The number of fused-ring (bicyclic) bond motifs is 1. The molecule has 1 aromatic carbocycles. The van der Waals surface area contributed by atoms with E-state index in [0.29, 0.717) is 6.29 Å². The zero-order chi connectivity index (χ0) is 17.6. The van der Waals surface area contributed by atoms with Crippen molar-refractivity contribution >= 4 is 17.3 Å². The quantitative estimate of drug-likeness (QED) is 0.778. The number of unbranched alkanes of at least 4 members (excludes halogenated alkanes) is 2. The Morgan fingerprint density at radius 2 is 1.61 bits per heavy atom. The van der Waals surface area contributed by atoms with Crippen molar-refractivity contribution < 1.29 is 13.6 Å². The lowest BCUT2D eigenvalue weighted by Gasteiger charge is -2.06. The van der Waals surface area contributed by atoms with Crippen LogP contribution in [0.5, 0.6) is 0 Å². The standard InChI is InChI=1S/C12H12F2N2O2.C5H12/c1-7(2)16-11-6-9(14)8(13)5-10(11)15(3-4-17)12(16)18;1-3-5-4-2/h4-7H,3H2,1-2H3;3-5H2,1-2H3. The average molecular weight is 326 g/mol. The van der Waals surface area contributed by atoms with Gasteiger partial charge in [0.25, 0.3) is 0 Å². The fourth-order valence-corrected chi connectivity index (χ4v) is 2.37. The number of hydrogen-bond donors (Lipinski definition) is 0. The molecule has 1 heterocycles. The van der Waals surface area contributed by atoms with Crippen molar-refractivity contribution in [3.8, 4) is 0 Å². The molecular formula is C17H24F2N2O2. The maximum Gasteiger partial charge on any atom is 0.329 e. The second-order valence-electron chi connectivity index (χ2n) is 5.63. The molecule has 0 saturated heterocycles. The summed E-state index contributed by atoms with van der Waals surface area (Å²) in [4.78, 5) is 22.6. The van der Waals surface area contributed by atoms with Gasteiger partial charge in [0.05, 0.1) is 17.6 Å². The highest BCUT2D eigenvalue weighted by molar-refractivity contribution is 5.77. The normalized spacial score (nSPS) is 10.7. The zero-order valence-electron chi connectivity index (χ0n) is 14.1. The fraction of sp³-hybridized carbons (Fsp3) is 0.529. The predicted molar refractivity (Wildman–Crippen MR) is 87.8 cm³/mol. The molecular weight excluding hydrogens is 302 g/mol. The number of hydrogen-bond acceptors (Lipinski definition) is 2. The van der Waals surface area contributed by atoms with Crippen molar-refractivity contribution in [3.63, 3.8) is 0 Å². The molecule has 2 rings (SSSR count). The Kier molecular flexibility index (Phi) is 7.13. The molecule has 2 aromatic rings. The maximum atomic E-state index is 13.2. The Morgan fingerprint density at radius 1 is 1.09 bits per heavy atom.